The van der Waals surface area contributed by atoms with Gasteiger partial charge in [0.05, 0.1) is 11.1 Å². The summed E-state index contributed by atoms with van der Waals surface area (Å²) >= 11 is 0. The number of rotatable bonds is 2. The largest absolute Gasteiger partial charge is 0.478 e. The van der Waals surface area contributed by atoms with Crippen LogP contribution in [0.15, 0.2) is 36.7 Å². The number of benzene rings is 1. The van der Waals surface area contributed by atoms with Crippen LogP contribution in [0, 0.1) is 11.3 Å². The van der Waals surface area contributed by atoms with Crippen molar-refractivity contribution in [3.8, 4) is 17.2 Å². The summed E-state index contributed by atoms with van der Waals surface area (Å²) in [5.74, 6) is -0.999. The maximum absolute atomic E-state index is 11.0. The lowest BCUT2D eigenvalue weighted by molar-refractivity contribution is 0.0698. The van der Waals surface area contributed by atoms with Crippen LogP contribution in [-0.4, -0.2) is 16.1 Å². The number of carbonyl (C=O) groups is 1. The van der Waals surface area contributed by atoms with Crippen molar-refractivity contribution in [3.63, 3.8) is 0 Å². The van der Waals surface area contributed by atoms with E-state index < -0.39 is 5.97 Å². The van der Waals surface area contributed by atoms with Crippen LogP contribution in [0.2, 0.25) is 0 Å². The minimum Gasteiger partial charge on any atom is -0.478 e. The Morgan fingerprint density at radius 1 is 1.25 bits per heavy atom. The molecule has 0 saturated carbocycles. The fraction of sp³-hybridized carbons (Fsp3) is 0. The van der Waals surface area contributed by atoms with E-state index in [4.69, 9.17) is 10.4 Å². The van der Waals surface area contributed by atoms with E-state index >= 15 is 0 Å². The molecule has 0 atom stereocenters. The number of H-pyrrole nitrogens is 1. The summed E-state index contributed by atoms with van der Waals surface area (Å²) in [5.41, 5.74) is 1.79. The third kappa shape index (κ3) is 1.55. The van der Waals surface area contributed by atoms with E-state index in [0.29, 0.717) is 16.7 Å². The molecule has 2 N–H and O–H groups in total. The molecule has 0 unspecified atom stereocenters. The van der Waals surface area contributed by atoms with E-state index in [1.54, 1.807) is 30.6 Å². The Labute approximate surface area is 91.8 Å². The smallest absolute Gasteiger partial charge is 0.336 e. The lowest BCUT2D eigenvalue weighted by atomic mass is 9.99. The van der Waals surface area contributed by atoms with Crippen LogP contribution < -0.4 is 0 Å². The van der Waals surface area contributed by atoms with Gasteiger partial charge in [0.1, 0.15) is 6.07 Å². The van der Waals surface area contributed by atoms with Gasteiger partial charge in [0, 0.05) is 18.0 Å². The van der Waals surface area contributed by atoms with Gasteiger partial charge in [-0.2, -0.15) is 5.26 Å². The van der Waals surface area contributed by atoms with Crippen molar-refractivity contribution in [2.75, 3.05) is 0 Å². The quantitative estimate of drug-likeness (QED) is 0.801. The molecule has 2 rings (SSSR count). The number of nitriles is 1. The van der Waals surface area contributed by atoms with Crippen molar-refractivity contribution in [1.82, 2.24) is 4.98 Å². The van der Waals surface area contributed by atoms with Gasteiger partial charge in [-0.3, -0.25) is 0 Å². The molecule has 1 aromatic heterocycles. The molecule has 0 aliphatic carbocycles. The standard InChI is InChI=1S/C12H8N2O2/c13-5-8-6-14-7-11(8)9-3-1-2-4-10(9)12(15)16/h1-4,6-7,14H,(H,15,16). The number of carboxylic acids is 1. The number of nitrogens with zero attached hydrogens (tertiary/aromatic N) is 1. The lowest BCUT2D eigenvalue weighted by Gasteiger charge is -2.03. The third-order valence-electron chi connectivity index (χ3n) is 2.31. The number of nitrogens with one attached hydrogen (secondary N) is 1. The average molecular weight is 212 g/mol. The minimum absolute atomic E-state index is 0.193. The first-order chi connectivity index (χ1) is 7.74. The first-order valence-electron chi connectivity index (χ1n) is 4.63. The summed E-state index contributed by atoms with van der Waals surface area (Å²) < 4.78 is 0. The highest BCUT2D eigenvalue weighted by Gasteiger charge is 2.13. The molecule has 0 spiro atoms. The number of carboxylic acid groups (broad SMARTS) is 1. The second-order valence-electron chi connectivity index (χ2n) is 3.25. The van der Waals surface area contributed by atoms with Crippen molar-refractivity contribution >= 4 is 5.97 Å². The van der Waals surface area contributed by atoms with E-state index in [1.165, 1.54) is 6.07 Å². The van der Waals surface area contributed by atoms with Gasteiger partial charge in [-0.15, -0.1) is 0 Å². The van der Waals surface area contributed by atoms with Crippen molar-refractivity contribution in [3.05, 3.63) is 47.8 Å². The van der Waals surface area contributed by atoms with E-state index in [-0.39, 0.29) is 5.56 Å². The predicted octanol–water partition coefficient (Wildman–Crippen LogP) is 2.25. The summed E-state index contributed by atoms with van der Waals surface area (Å²) in [6.45, 7) is 0. The third-order valence-corrected chi connectivity index (χ3v) is 2.31. The average Bonchev–Trinajstić information content (AvgIpc) is 2.76. The Morgan fingerprint density at radius 3 is 2.69 bits per heavy atom. The number of hydrogen-bond acceptors (Lipinski definition) is 2. The molecule has 4 nitrogen and oxygen atoms in total. The van der Waals surface area contributed by atoms with Crippen LogP contribution in [0.4, 0.5) is 0 Å². The molecule has 0 amide bonds. The zero-order valence-electron chi connectivity index (χ0n) is 8.27. The van der Waals surface area contributed by atoms with Crippen molar-refractivity contribution in [2.24, 2.45) is 0 Å². The molecular formula is C12H8N2O2. The Hall–Kier alpha value is -2.54. The molecule has 4 heteroatoms. The first kappa shape index (κ1) is 9.99. The molecule has 0 fully saturated rings. The maximum atomic E-state index is 11.0. The highest BCUT2D eigenvalue weighted by molar-refractivity contribution is 5.96. The Balaban J connectivity index is 2.66. The predicted molar refractivity (Wildman–Crippen MR) is 57.9 cm³/mol. The Kier molecular flexibility index (Phi) is 2.44. The molecule has 16 heavy (non-hydrogen) atoms. The number of aromatic nitrogens is 1. The second-order valence-corrected chi connectivity index (χ2v) is 3.25. The molecule has 1 aromatic carbocycles. The van der Waals surface area contributed by atoms with Crippen LogP contribution in [0.3, 0.4) is 0 Å². The molecule has 1 heterocycles. The Bertz CT molecular complexity index is 579. The molecule has 0 bridgehead atoms. The van der Waals surface area contributed by atoms with Gasteiger partial charge in [0.25, 0.3) is 0 Å². The van der Waals surface area contributed by atoms with E-state index in [2.05, 4.69) is 4.98 Å². The van der Waals surface area contributed by atoms with E-state index in [1.807, 2.05) is 6.07 Å². The zero-order chi connectivity index (χ0) is 11.5. The highest BCUT2D eigenvalue weighted by atomic mass is 16.4. The SMILES string of the molecule is N#Cc1c[nH]cc1-c1ccccc1C(=O)O. The number of aromatic carboxylic acids is 1. The first-order valence-corrected chi connectivity index (χ1v) is 4.63. The van der Waals surface area contributed by atoms with Gasteiger partial charge in [0.2, 0.25) is 0 Å². The van der Waals surface area contributed by atoms with E-state index in [0.717, 1.165) is 0 Å². The lowest BCUT2D eigenvalue weighted by Crippen LogP contribution is -1.99. The van der Waals surface area contributed by atoms with Gasteiger partial charge in [-0.25, -0.2) is 4.79 Å². The van der Waals surface area contributed by atoms with Crippen LogP contribution >= 0.6 is 0 Å². The monoisotopic (exact) mass is 212 g/mol. The molecule has 78 valence electrons. The van der Waals surface area contributed by atoms with Gasteiger partial charge in [-0.1, -0.05) is 18.2 Å². The highest BCUT2D eigenvalue weighted by Crippen LogP contribution is 2.26. The molecule has 0 radical (unpaired) electrons. The molecule has 0 aliphatic rings. The normalized spacial score (nSPS) is 9.69. The summed E-state index contributed by atoms with van der Waals surface area (Å²) in [6, 6.07) is 8.63. The maximum Gasteiger partial charge on any atom is 0.336 e. The van der Waals surface area contributed by atoms with Crippen LogP contribution in [-0.2, 0) is 0 Å². The van der Waals surface area contributed by atoms with Crippen LogP contribution in [0.1, 0.15) is 15.9 Å². The van der Waals surface area contributed by atoms with Gasteiger partial charge in [-0.05, 0) is 11.6 Å². The second kappa shape index (κ2) is 3.91. The van der Waals surface area contributed by atoms with Gasteiger partial charge >= 0.3 is 5.97 Å². The fourth-order valence-electron chi connectivity index (χ4n) is 1.58. The fourth-order valence-corrected chi connectivity index (χ4v) is 1.58. The molecule has 0 aliphatic heterocycles. The molecule has 2 aromatic rings. The summed E-state index contributed by atoms with van der Waals surface area (Å²) in [6.07, 6.45) is 3.17. The molecular weight excluding hydrogens is 204 g/mol. The molecule has 0 saturated heterocycles. The number of hydrogen-bond donors (Lipinski definition) is 2. The van der Waals surface area contributed by atoms with E-state index in [9.17, 15) is 4.79 Å². The summed E-state index contributed by atoms with van der Waals surface area (Å²) in [5, 5.41) is 17.9. The van der Waals surface area contributed by atoms with Crippen LogP contribution in [0.5, 0.6) is 0 Å². The van der Waals surface area contributed by atoms with Crippen LogP contribution in [0.25, 0.3) is 11.1 Å². The Morgan fingerprint density at radius 2 is 2.00 bits per heavy atom. The zero-order valence-corrected chi connectivity index (χ0v) is 8.27. The number of aromatic amines is 1. The summed E-state index contributed by atoms with van der Waals surface area (Å²) in [4.78, 5) is 13.8. The van der Waals surface area contributed by atoms with Crippen molar-refractivity contribution in [2.45, 2.75) is 0 Å². The van der Waals surface area contributed by atoms with Gasteiger partial charge < -0.3 is 10.1 Å². The summed E-state index contributed by atoms with van der Waals surface area (Å²) in [7, 11) is 0. The van der Waals surface area contributed by atoms with Crippen molar-refractivity contribution < 1.29 is 9.90 Å². The topological polar surface area (TPSA) is 76.9 Å². The van der Waals surface area contributed by atoms with Crippen molar-refractivity contribution in [1.29, 1.82) is 5.26 Å². The van der Waals surface area contributed by atoms with Gasteiger partial charge in [0.15, 0.2) is 0 Å². The minimum atomic E-state index is -0.999.